The number of aryl methyl sites for hydroxylation is 2. The summed E-state index contributed by atoms with van der Waals surface area (Å²) in [7, 11) is 1.68. The molecular weight excluding hydrogens is 328 g/mol. The van der Waals surface area contributed by atoms with Crippen LogP contribution in [-0.4, -0.2) is 49.2 Å². The summed E-state index contributed by atoms with van der Waals surface area (Å²) in [5.41, 5.74) is 4.00. The molecule has 1 aliphatic heterocycles. The molecule has 26 heavy (non-hydrogen) atoms. The second-order valence-corrected chi connectivity index (χ2v) is 6.40. The van der Waals surface area contributed by atoms with E-state index in [0.717, 1.165) is 47.9 Å². The highest BCUT2D eigenvalue weighted by molar-refractivity contribution is 5.89. The molecule has 0 aliphatic carbocycles. The number of ether oxygens (including phenoxy) is 1. The van der Waals surface area contributed by atoms with Crippen molar-refractivity contribution in [3.8, 4) is 5.75 Å². The lowest BCUT2D eigenvalue weighted by molar-refractivity contribution is 0.208. The topological polar surface area (TPSA) is 57.7 Å². The van der Waals surface area contributed by atoms with E-state index in [1.165, 1.54) is 0 Å². The molecule has 0 spiro atoms. The first-order valence-electron chi connectivity index (χ1n) is 9.01. The lowest BCUT2D eigenvalue weighted by Gasteiger charge is -2.36. The van der Waals surface area contributed by atoms with E-state index in [-0.39, 0.29) is 6.03 Å². The Kier molecular flexibility index (Phi) is 5.61. The SMILES string of the molecule is CCc1cc(NC(=O)N2CCN(c3ccccc3OC)CC2)cnc1C. The van der Waals surface area contributed by atoms with Gasteiger partial charge in [-0.05, 0) is 37.1 Å². The molecule has 1 aliphatic rings. The number of nitrogens with one attached hydrogen (secondary N) is 1. The number of urea groups is 1. The number of pyridine rings is 1. The quantitative estimate of drug-likeness (QED) is 0.915. The molecule has 1 N–H and O–H groups in total. The monoisotopic (exact) mass is 354 g/mol. The van der Waals surface area contributed by atoms with Crippen LogP contribution in [0.4, 0.5) is 16.2 Å². The zero-order valence-corrected chi connectivity index (χ0v) is 15.7. The molecule has 3 rings (SSSR count). The molecule has 1 fully saturated rings. The zero-order chi connectivity index (χ0) is 18.5. The third-order valence-corrected chi connectivity index (χ3v) is 4.82. The third kappa shape index (κ3) is 3.90. The Bertz CT molecular complexity index is 770. The summed E-state index contributed by atoms with van der Waals surface area (Å²) < 4.78 is 5.44. The summed E-state index contributed by atoms with van der Waals surface area (Å²) >= 11 is 0. The van der Waals surface area contributed by atoms with Crippen LogP contribution in [0.2, 0.25) is 0 Å². The largest absolute Gasteiger partial charge is 0.495 e. The van der Waals surface area contributed by atoms with Crippen molar-refractivity contribution in [2.24, 2.45) is 0 Å². The molecule has 1 aromatic heterocycles. The van der Waals surface area contributed by atoms with Gasteiger partial charge < -0.3 is 19.9 Å². The third-order valence-electron chi connectivity index (χ3n) is 4.82. The Morgan fingerprint density at radius 3 is 2.65 bits per heavy atom. The predicted molar refractivity (Wildman–Crippen MR) is 104 cm³/mol. The van der Waals surface area contributed by atoms with Gasteiger partial charge in [-0.25, -0.2) is 4.79 Å². The maximum atomic E-state index is 12.6. The van der Waals surface area contributed by atoms with Gasteiger partial charge in [0.1, 0.15) is 5.75 Å². The zero-order valence-electron chi connectivity index (χ0n) is 15.7. The summed E-state index contributed by atoms with van der Waals surface area (Å²) in [5, 5.41) is 2.97. The van der Waals surface area contributed by atoms with Crippen molar-refractivity contribution in [3.63, 3.8) is 0 Å². The number of hydrogen-bond donors (Lipinski definition) is 1. The Balaban J connectivity index is 1.60. The van der Waals surface area contributed by atoms with Crippen LogP contribution >= 0.6 is 0 Å². The number of nitrogens with zero attached hydrogens (tertiary/aromatic N) is 3. The van der Waals surface area contributed by atoms with Crippen LogP contribution in [0.25, 0.3) is 0 Å². The van der Waals surface area contributed by atoms with Crippen molar-refractivity contribution in [2.75, 3.05) is 43.5 Å². The fourth-order valence-corrected chi connectivity index (χ4v) is 3.25. The van der Waals surface area contributed by atoms with E-state index >= 15 is 0 Å². The molecule has 2 amide bonds. The lowest BCUT2D eigenvalue weighted by atomic mass is 10.1. The van der Waals surface area contributed by atoms with Crippen LogP contribution < -0.4 is 15.0 Å². The molecule has 0 bridgehead atoms. The van der Waals surface area contributed by atoms with Crippen molar-refractivity contribution >= 4 is 17.4 Å². The van der Waals surface area contributed by atoms with E-state index < -0.39 is 0 Å². The van der Waals surface area contributed by atoms with Gasteiger partial charge in [0, 0.05) is 31.9 Å². The average Bonchev–Trinajstić information content (AvgIpc) is 2.69. The Labute approximate surface area is 154 Å². The summed E-state index contributed by atoms with van der Waals surface area (Å²) in [6.07, 6.45) is 2.62. The van der Waals surface area contributed by atoms with E-state index in [2.05, 4.69) is 28.2 Å². The number of rotatable bonds is 4. The van der Waals surface area contributed by atoms with Crippen molar-refractivity contribution in [3.05, 3.63) is 47.8 Å². The minimum atomic E-state index is -0.0719. The molecule has 2 aromatic rings. The molecule has 0 radical (unpaired) electrons. The Morgan fingerprint density at radius 2 is 1.96 bits per heavy atom. The molecular formula is C20H26N4O2. The molecule has 0 saturated carbocycles. The number of aromatic nitrogens is 1. The van der Waals surface area contributed by atoms with Gasteiger partial charge in [0.05, 0.1) is 24.7 Å². The number of hydrogen-bond acceptors (Lipinski definition) is 4. The van der Waals surface area contributed by atoms with Crippen LogP contribution in [0.5, 0.6) is 5.75 Å². The van der Waals surface area contributed by atoms with Crippen LogP contribution in [0.3, 0.4) is 0 Å². The minimum absolute atomic E-state index is 0.0719. The second kappa shape index (κ2) is 8.08. The maximum absolute atomic E-state index is 12.6. The summed E-state index contributed by atoms with van der Waals surface area (Å²) in [4.78, 5) is 21.0. The predicted octanol–water partition coefficient (Wildman–Crippen LogP) is 3.32. The number of amides is 2. The van der Waals surface area contributed by atoms with Gasteiger partial charge in [0.15, 0.2) is 0 Å². The highest BCUT2D eigenvalue weighted by atomic mass is 16.5. The number of anilines is 2. The fourth-order valence-electron chi connectivity index (χ4n) is 3.25. The van der Waals surface area contributed by atoms with Gasteiger partial charge >= 0.3 is 6.03 Å². The van der Waals surface area contributed by atoms with E-state index in [1.54, 1.807) is 13.3 Å². The van der Waals surface area contributed by atoms with Crippen molar-refractivity contribution in [2.45, 2.75) is 20.3 Å². The van der Waals surface area contributed by atoms with Crippen molar-refractivity contribution in [1.82, 2.24) is 9.88 Å². The maximum Gasteiger partial charge on any atom is 0.322 e. The first-order chi connectivity index (χ1) is 12.6. The lowest BCUT2D eigenvalue weighted by Crippen LogP contribution is -2.50. The number of methoxy groups -OCH3 is 1. The van der Waals surface area contributed by atoms with E-state index in [9.17, 15) is 4.79 Å². The summed E-state index contributed by atoms with van der Waals surface area (Å²) in [5.74, 6) is 0.864. The summed E-state index contributed by atoms with van der Waals surface area (Å²) in [6.45, 7) is 6.97. The Morgan fingerprint density at radius 1 is 1.23 bits per heavy atom. The summed E-state index contributed by atoms with van der Waals surface area (Å²) in [6, 6.07) is 9.92. The molecule has 6 nitrogen and oxygen atoms in total. The van der Waals surface area contributed by atoms with Gasteiger partial charge in [-0.1, -0.05) is 19.1 Å². The van der Waals surface area contributed by atoms with Crippen molar-refractivity contribution < 1.29 is 9.53 Å². The van der Waals surface area contributed by atoms with Gasteiger partial charge in [0.2, 0.25) is 0 Å². The standard InChI is InChI=1S/C20H26N4O2/c1-4-16-13-17(14-21-15(16)2)22-20(25)24-11-9-23(10-12-24)18-7-5-6-8-19(18)26-3/h5-8,13-14H,4,9-12H2,1-3H3,(H,22,25). The van der Waals surface area contributed by atoms with Crippen LogP contribution in [-0.2, 0) is 6.42 Å². The number of benzene rings is 1. The molecule has 138 valence electrons. The first-order valence-corrected chi connectivity index (χ1v) is 9.01. The molecule has 0 unspecified atom stereocenters. The van der Waals surface area contributed by atoms with Crippen molar-refractivity contribution in [1.29, 1.82) is 0 Å². The fraction of sp³-hybridized carbons (Fsp3) is 0.400. The highest BCUT2D eigenvalue weighted by Gasteiger charge is 2.23. The molecule has 1 saturated heterocycles. The second-order valence-electron chi connectivity index (χ2n) is 6.40. The number of carbonyl (C=O) groups is 1. The van der Waals surface area contributed by atoms with E-state index in [0.29, 0.717) is 13.1 Å². The molecule has 1 aromatic carbocycles. The first kappa shape index (κ1) is 18.0. The van der Waals surface area contributed by atoms with Crippen LogP contribution in [0.1, 0.15) is 18.2 Å². The minimum Gasteiger partial charge on any atom is -0.495 e. The highest BCUT2D eigenvalue weighted by Crippen LogP contribution is 2.28. The Hall–Kier alpha value is -2.76. The normalized spacial score (nSPS) is 14.3. The molecule has 0 atom stereocenters. The van der Waals surface area contributed by atoms with Crippen LogP contribution in [0, 0.1) is 6.92 Å². The van der Waals surface area contributed by atoms with Crippen LogP contribution in [0.15, 0.2) is 36.5 Å². The van der Waals surface area contributed by atoms with E-state index in [1.807, 2.05) is 36.1 Å². The van der Waals surface area contributed by atoms with Gasteiger partial charge in [-0.3, -0.25) is 4.98 Å². The number of carbonyl (C=O) groups excluding carboxylic acids is 1. The van der Waals surface area contributed by atoms with E-state index in [4.69, 9.17) is 4.74 Å². The number of para-hydroxylation sites is 2. The van der Waals surface area contributed by atoms with Gasteiger partial charge in [0.25, 0.3) is 0 Å². The smallest absolute Gasteiger partial charge is 0.322 e. The molecule has 2 heterocycles. The number of piperazine rings is 1. The molecule has 6 heteroatoms. The van der Waals surface area contributed by atoms with Gasteiger partial charge in [-0.15, -0.1) is 0 Å². The average molecular weight is 354 g/mol. The van der Waals surface area contributed by atoms with Gasteiger partial charge in [-0.2, -0.15) is 0 Å².